The number of hydrogen-bond donors (Lipinski definition) is 3. The van der Waals surface area contributed by atoms with Crippen LogP contribution in [0.1, 0.15) is 82.7 Å². The fraction of sp³-hybridized carbons (Fsp3) is 0.762. The standard InChI is InChI=1S/C21H32N4O3/c1-13(14-7-8-14)22-21(27)28-17-10-9-16(11-17)18-12-19(25-24-18)23-20(26)15-5-3-2-4-6-15/h12-17H,2-11H2,1H3,(H,22,27)(H2,23,24,25,26)/t13-,16+,17-/m1/s1. The summed E-state index contributed by atoms with van der Waals surface area (Å²) in [6.45, 7) is 2.05. The molecule has 3 atom stereocenters. The van der Waals surface area contributed by atoms with Crippen molar-refractivity contribution in [3.05, 3.63) is 11.8 Å². The van der Waals surface area contributed by atoms with E-state index in [0.29, 0.717) is 11.7 Å². The highest BCUT2D eigenvalue weighted by Crippen LogP contribution is 2.36. The minimum Gasteiger partial charge on any atom is -0.446 e. The van der Waals surface area contributed by atoms with Gasteiger partial charge in [-0.05, 0) is 57.8 Å². The number of carbonyl (C=O) groups is 2. The van der Waals surface area contributed by atoms with Crippen LogP contribution >= 0.6 is 0 Å². The molecule has 1 heterocycles. The van der Waals surface area contributed by atoms with Crippen LogP contribution in [-0.2, 0) is 9.53 Å². The van der Waals surface area contributed by atoms with E-state index < -0.39 is 0 Å². The number of anilines is 1. The van der Waals surface area contributed by atoms with E-state index in [2.05, 4.69) is 20.8 Å². The first-order valence-electron chi connectivity index (χ1n) is 10.9. The van der Waals surface area contributed by atoms with E-state index in [4.69, 9.17) is 4.74 Å². The molecule has 0 aromatic carbocycles. The van der Waals surface area contributed by atoms with Crippen molar-refractivity contribution in [2.75, 3.05) is 5.32 Å². The van der Waals surface area contributed by atoms with Crippen molar-refractivity contribution >= 4 is 17.8 Å². The number of nitrogens with zero attached hydrogens (tertiary/aromatic N) is 1. The highest BCUT2D eigenvalue weighted by Gasteiger charge is 2.33. The SMILES string of the molecule is C[C@@H](NC(=O)O[C@@H]1CC[C@H](c2cc(NC(=O)C3CCCCC3)n[nH]2)C1)C1CC1. The third kappa shape index (κ3) is 4.86. The average Bonchev–Trinajstić information content (AvgIpc) is 3.28. The van der Waals surface area contributed by atoms with Gasteiger partial charge in [-0.15, -0.1) is 0 Å². The molecule has 0 unspecified atom stereocenters. The van der Waals surface area contributed by atoms with Crippen molar-refractivity contribution < 1.29 is 14.3 Å². The maximum atomic E-state index is 12.4. The van der Waals surface area contributed by atoms with E-state index in [1.165, 1.54) is 19.3 Å². The van der Waals surface area contributed by atoms with Gasteiger partial charge in [-0.3, -0.25) is 9.89 Å². The molecule has 154 valence electrons. The molecule has 3 N–H and O–H groups in total. The Morgan fingerprint density at radius 2 is 1.93 bits per heavy atom. The summed E-state index contributed by atoms with van der Waals surface area (Å²) < 4.78 is 5.61. The second-order valence-electron chi connectivity index (χ2n) is 8.84. The summed E-state index contributed by atoms with van der Waals surface area (Å²) in [5.74, 6) is 1.72. The number of hydrogen-bond acceptors (Lipinski definition) is 4. The molecule has 0 saturated heterocycles. The number of alkyl carbamates (subject to hydrolysis) is 1. The van der Waals surface area contributed by atoms with E-state index in [9.17, 15) is 9.59 Å². The van der Waals surface area contributed by atoms with Gasteiger partial charge in [-0.1, -0.05) is 19.3 Å². The molecular formula is C21H32N4O3. The Hall–Kier alpha value is -2.05. The molecule has 7 heteroatoms. The molecule has 4 rings (SSSR count). The molecule has 3 aliphatic rings. The number of aromatic nitrogens is 2. The van der Waals surface area contributed by atoms with Crippen LogP contribution in [-0.4, -0.2) is 34.3 Å². The number of ether oxygens (including phenoxy) is 1. The van der Waals surface area contributed by atoms with Gasteiger partial charge in [0.15, 0.2) is 5.82 Å². The number of rotatable bonds is 6. The first kappa shape index (κ1) is 19.3. The van der Waals surface area contributed by atoms with Crippen LogP contribution in [0.5, 0.6) is 0 Å². The maximum absolute atomic E-state index is 12.4. The van der Waals surface area contributed by atoms with Crippen molar-refractivity contribution in [3.63, 3.8) is 0 Å². The van der Waals surface area contributed by atoms with Crippen LogP contribution in [0.2, 0.25) is 0 Å². The molecule has 1 aromatic rings. The van der Waals surface area contributed by atoms with Crippen LogP contribution < -0.4 is 10.6 Å². The molecule has 0 radical (unpaired) electrons. The lowest BCUT2D eigenvalue weighted by atomic mass is 9.89. The van der Waals surface area contributed by atoms with Crippen molar-refractivity contribution in [3.8, 4) is 0 Å². The molecule has 2 amide bonds. The molecular weight excluding hydrogens is 356 g/mol. The summed E-state index contributed by atoms with van der Waals surface area (Å²) in [7, 11) is 0. The van der Waals surface area contributed by atoms with Crippen LogP contribution in [0, 0.1) is 11.8 Å². The van der Waals surface area contributed by atoms with E-state index in [1.807, 2.05) is 13.0 Å². The lowest BCUT2D eigenvalue weighted by molar-refractivity contribution is -0.120. The molecule has 28 heavy (non-hydrogen) atoms. The third-order valence-corrected chi connectivity index (χ3v) is 6.60. The van der Waals surface area contributed by atoms with Gasteiger partial charge in [0, 0.05) is 29.6 Å². The molecule has 3 fully saturated rings. The van der Waals surface area contributed by atoms with E-state index in [1.54, 1.807) is 0 Å². The Balaban J connectivity index is 1.24. The van der Waals surface area contributed by atoms with Gasteiger partial charge in [0.05, 0.1) is 0 Å². The first-order valence-corrected chi connectivity index (χ1v) is 10.9. The predicted molar refractivity (Wildman–Crippen MR) is 106 cm³/mol. The second-order valence-corrected chi connectivity index (χ2v) is 8.84. The summed E-state index contributed by atoms with van der Waals surface area (Å²) >= 11 is 0. The van der Waals surface area contributed by atoms with Crippen LogP contribution in [0.15, 0.2) is 6.07 Å². The predicted octanol–water partition coefficient (Wildman–Crippen LogP) is 4.09. The highest BCUT2D eigenvalue weighted by molar-refractivity contribution is 5.91. The highest BCUT2D eigenvalue weighted by atomic mass is 16.6. The fourth-order valence-electron chi connectivity index (χ4n) is 4.62. The smallest absolute Gasteiger partial charge is 0.407 e. The van der Waals surface area contributed by atoms with Gasteiger partial charge in [-0.2, -0.15) is 5.10 Å². The Labute approximate surface area is 166 Å². The van der Waals surface area contributed by atoms with Crippen molar-refractivity contribution in [1.29, 1.82) is 0 Å². The Kier molecular flexibility index (Phi) is 5.87. The summed E-state index contributed by atoms with van der Waals surface area (Å²) in [6.07, 6.45) is 10.1. The van der Waals surface area contributed by atoms with Crippen LogP contribution in [0.4, 0.5) is 10.6 Å². The molecule has 0 spiro atoms. The summed E-state index contributed by atoms with van der Waals surface area (Å²) in [6, 6.07) is 2.14. The van der Waals surface area contributed by atoms with E-state index in [-0.39, 0.29) is 36.0 Å². The molecule has 1 aromatic heterocycles. The minimum absolute atomic E-state index is 0.0556. The van der Waals surface area contributed by atoms with Gasteiger partial charge in [0.2, 0.25) is 5.91 Å². The van der Waals surface area contributed by atoms with Gasteiger partial charge in [0.1, 0.15) is 6.10 Å². The van der Waals surface area contributed by atoms with Gasteiger partial charge >= 0.3 is 6.09 Å². The zero-order valence-electron chi connectivity index (χ0n) is 16.7. The Bertz CT molecular complexity index is 694. The van der Waals surface area contributed by atoms with Gasteiger partial charge < -0.3 is 15.4 Å². The zero-order valence-corrected chi connectivity index (χ0v) is 16.7. The monoisotopic (exact) mass is 388 g/mol. The summed E-state index contributed by atoms with van der Waals surface area (Å²) in [5, 5.41) is 13.2. The lowest BCUT2D eigenvalue weighted by Gasteiger charge is -2.19. The number of carbonyl (C=O) groups excluding carboxylic acids is 2. The van der Waals surface area contributed by atoms with Gasteiger partial charge in [-0.25, -0.2) is 4.79 Å². The molecule has 0 bridgehead atoms. The molecule has 0 aliphatic heterocycles. The van der Waals surface area contributed by atoms with Crippen molar-refractivity contribution in [1.82, 2.24) is 15.5 Å². The normalized spacial score (nSPS) is 26.6. The maximum Gasteiger partial charge on any atom is 0.407 e. The molecule has 3 saturated carbocycles. The topological polar surface area (TPSA) is 96.1 Å². The minimum atomic E-state index is -0.296. The van der Waals surface area contributed by atoms with Crippen molar-refractivity contribution in [2.24, 2.45) is 11.8 Å². The zero-order chi connectivity index (χ0) is 19.5. The number of aromatic amines is 1. The largest absolute Gasteiger partial charge is 0.446 e. The van der Waals surface area contributed by atoms with Crippen LogP contribution in [0.3, 0.4) is 0 Å². The quantitative estimate of drug-likeness (QED) is 0.684. The molecule has 3 aliphatic carbocycles. The van der Waals surface area contributed by atoms with Crippen molar-refractivity contribution in [2.45, 2.75) is 89.2 Å². The van der Waals surface area contributed by atoms with E-state index in [0.717, 1.165) is 50.6 Å². The van der Waals surface area contributed by atoms with Crippen LogP contribution in [0.25, 0.3) is 0 Å². The molecule has 7 nitrogen and oxygen atoms in total. The Morgan fingerprint density at radius 1 is 1.14 bits per heavy atom. The van der Waals surface area contributed by atoms with E-state index >= 15 is 0 Å². The first-order chi connectivity index (χ1) is 13.6. The Morgan fingerprint density at radius 3 is 2.68 bits per heavy atom. The second kappa shape index (κ2) is 8.53. The number of nitrogens with one attached hydrogen (secondary N) is 3. The number of H-pyrrole nitrogens is 1. The summed E-state index contributed by atoms with van der Waals surface area (Å²) in [4.78, 5) is 24.4. The fourth-order valence-corrected chi connectivity index (χ4v) is 4.62. The lowest BCUT2D eigenvalue weighted by Crippen LogP contribution is -2.36. The summed E-state index contributed by atoms with van der Waals surface area (Å²) in [5.41, 5.74) is 1.01. The van der Waals surface area contributed by atoms with Gasteiger partial charge in [0.25, 0.3) is 0 Å². The average molecular weight is 389 g/mol. The third-order valence-electron chi connectivity index (χ3n) is 6.60. The number of amides is 2.